The lowest BCUT2D eigenvalue weighted by Gasteiger charge is -2.13. The molecule has 0 bridgehead atoms. The summed E-state index contributed by atoms with van der Waals surface area (Å²) >= 11 is 0. The minimum absolute atomic E-state index is 0.0207. The molecule has 2 rings (SSSR count). The molecule has 2 aromatic rings. The van der Waals surface area contributed by atoms with Crippen LogP contribution in [0.25, 0.3) is 6.08 Å². The lowest BCUT2D eigenvalue weighted by molar-refractivity contribution is 0.104. The van der Waals surface area contributed by atoms with Crippen LogP contribution in [0.4, 0.5) is 0 Å². The van der Waals surface area contributed by atoms with Gasteiger partial charge in [-0.3, -0.25) is 4.79 Å². The Balaban J connectivity index is 2.40. The van der Waals surface area contributed by atoms with E-state index in [-0.39, 0.29) is 28.4 Å². The molecule has 0 aliphatic rings. The van der Waals surface area contributed by atoms with Crippen LogP contribution in [0.2, 0.25) is 0 Å². The average molecular weight is 358 g/mol. The number of methoxy groups -OCH3 is 3. The molecule has 0 amide bonds. The van der Waals surface area contributed by atoms with Crippen LogP contribution in [0.5, 0.6) is 28.7 Å². The predicted octanol–water partition coefficient (Wildman–Crippen LogP) is 3.64. The van der Waals surface area contributed by atoms with E-state index in [0.717, 1.165) is 0 Å². The van der Waals surface area contributed by atoms with Gasteiger partial charge in [0.15, 0.2) is 17.3 Å². The van der Waals surface area contributed by atoms with Gasteiger partial charge in [0.1, 0.15) is 11.5 Å². The van der Waals surface area contributed by atoms with Crippen molar-refractivity contribution in [2.75, 3.05) is 21.3 Å². The number of hydrogen-bond acceptors (Lipinski definition) is 6. The first kappa shape index (κ1) is 19.2. The van der Waals surface area contributed by atoms with Crippen molar-refractivity contribution in [1.82, 2.24) is 0 Å². The second kappa shape index (κ2) is 7.82. The molecule has 0 unspecified atom stereocenters. The van der Waals surface area contributed by atoms with E-state index in [1.807, 2.05) is 0 Å². The molecule has 0 radical (unpaired) electrons. The number of ketones is 1. The summed E-state index contributed by atoms with van der Waals surface area (Å²) in [6.07, 6.45) is 2.93. The zero-order chi connectivity index (χ0) is 19.4. The summed E-state index contributed by atoms with van der Waals surface area (Å²) in [6, 6.07) is 4.87. The molecule has 0 aliphatic carbocycles. The average Bonchev–Trinajstić information content (AvgIpc) is 2.66. The minimum Gasteiger partial charge on any atom is -0.507 e. The highest BCUT2D eigenvalue weighted by molar-refractivity contribution is 6.09. The van der Waals surface area contributed by atoms with Crippen molar-refractivity contribution < 1.29 is 29.2 Å². The Morgan fingerprint density at radius 1 is 0.923 bits per heavy atom. The zero-order valence-corrected chi connectivity index (χ0v) is 15.4. The lowest BCUT2D eigenvalue weighted by Crippen LogP contribution is -1.98. The molecule has 0 aromatic heterocycles. The molecule has 0 fully saturated rings. The summed E-state index contributed by atoms with van der Waals surface area (Å²) < 4.78 is 15.8. The van der Waals surface area contributed by atoms with Crippen molar-refractivity contribution in [1.29, 1.82) is 0 Å². The van der Waals surface area contributed by atoms with Gasteiger partial charge in [0.25, 0.3) is 0 Å². The van der Waals surface area contributed by atoms with Crippen LogP contribution in [0, 0.1) is 13.8 Å². The standard InChI is InChI=1S/C20H22O6/c1-11-8-14(19(23)12(2)18(11)22)15(21)7-6-13-9-16(24-3)20(26-5)17(10-13)25-4/h6-10,22-23H,1-5H3/b7-6+. The number of carbonyl (C=O) groups is 1. The Morgan fingerprint density at radius 2 is 1.50 bits per heavy atom. The van der Waals surface area contributed by atoms with Crippen molar-refractivity contribution in [3.05, 3.63) is 46.5 Å². The molecule has 0 aliphatic heterocycles. The molecular weight excluding hydrogens is 336 g/mol. The number of ether oxygens (including phenoxy) is 3. The van der Waals surface area contributed by atoms with Gasteiger partial charge >= 0.3 is 0 Å². The van der Waals surface area contributed by atoms with E-state index in [9.17, 15) is 15.0 Å². The first-order chi connectivity index (χ1) is 12.3. The SMILES string of the molecule is COc1cc(/C=C/C(=O)c2cc(C)c(O)c(C)c2O)cc(OC)c1OC. The Labute approximate surface area is 152 Å². The molecule has 0 saturated heterocycles. The number of rotatable bonds is 6. The largest absolute Gasteiger partial charge is 0.507 e. The van der Waals surface area contributed by atoms with Gasteiger partial charge < -0.3 is 24.4 Å². The number of carbonyl (C=O) groups excluding carboxylic acids is 1. The van der Waals surface area contributed by atoms with Crippen molar-refractivity contribution in [2.45, 2.75) is 13.8 Å². The third-order valence-electron chi connectivity index (χ3n) is 4.08. The van der Waals surface area contributed by atoms with E-state index in [1.165, 1.54) is 33.5 Å². The van der Waals surface area contributed by atoms with E-state index in [2.05, 4.69) is 0 Å². The van der Waals surface area contributed by atoms with Crippen LogP contribution >= 0.6 is 0 Å². The monoisotopic (exact) mass is 358 g/mol. The summed E-state index contributed by atoms with van der Waals surface area (Å²) in [5.74, 6) is 0.764. The van der Waals surface area contributed by atoms with Crippen LogP contribution < -0.4 is 14.2 Å². The van der Waals surface area contributed by atoms with E-state index in [0.29, 0.717) is 28.4 Å². The second-order valence-electron chi connectivity index (χ2n) is 5.72. The summed E-state index contributed by atoms with van der Waals surface area (Å²) in [5, 5.41) is 20.0. The summed E-state index contributed by atoms with van der Waals surface area (Å²) in [5.41, 5.74) is 1.58. The topological polar surface area (TPSA) is 85.2 Å². The van der Waals surface area contributed by atoms with E-state index >= 15 is 0 Å². The maximum absolute atomic E-state index is 12.5. The number of phenolic OH excluding ortho intramolecular Hbond substituents is 2. The fourth-order valence-corrected chi connectivity index (χ4v) is 2.61. The Morgan fingerprint density at radius 3 is 2.00 bits per heavy atom. The first-order valence-corrected chi connectivity index (χ1v) is 7.88. The molecule has 0 saturated carbocycles. The number of benzene rings is 2. The third kappa shape index (κ3) is 3.59. The molecule has 2 aromatic carbocycles. The van der Waals surface area contributed by atoms with Gasteiger partial charge in [-0.1, -0.05) is 6.08 Å². The van der Waals surface area contributed by atoms with Gasteiger partial charge in [0, 0.05) is 5.56 Å². The number of phenols is 2. The van der Waals surface area contributed by atoms with E-state index in [4.69, 9.17) is 14.2 Å². The molecular formula is C20H22O6. The van der Waals surface area contributed by atoms with E-state index < -0.39 is 0 Å². The highest BCUT2D eigenvalue weighted by Crippen LogP contribution is 2.38. The molecule has 0 spiro atoms. The molecule has 0 heterocycles. The molecule has 138 valence electrons. The highest BCUT2D eigenvalue weighted by Gasteiger charge is 2.16. The lowest BCUT2D eigenvalue weighted by atomic mass is 10.0. The van der Waals surface area contributed by atoms with Crippen molar-refractivity contribution in [3.63, 3.8) is 0 Å². The molecule has 0 atom stereocenters. The molecule has 6 heteroatoms. The number of allylic oxidation sites excluding steroid dienone is 1. The van der Waals surface area contributed by atoms with Crippen molar-refractivity contribution >= 4 is 11.9 Å². The van der Waals surface area contributed by atoms with Crippen LogP contribution in [0.15, 0.2) is 24.3 Å². The molecule has 6 nitrogen and oxygen atoms in total. The Hall–Kier alpha value is -3.15. The van der Waals surface area contributed by atoms with Gasteiger partial charge in [0.05, 0.1) is 26.9 Å². The smallest absolute Gasteiger partial charge is 0.203 e. The van der Waals surface area contributed by atoms with Gasteiger partial charge in [-0.25, -0.2) is 0 Å². The fraction of sp³-hybridized carbons (Fsp3) is 0.250. The molecule has 26 heavy (non-hydrogen) atoms. The van der Waals surface area contributed by atoms with Gasteiger partial charge in [-0.05, 0) is 49.2 Å². The summed E-state index contributed by atoms with van der Waals surface area (Å²) in [6.45, 7) is 3.22. The van der Waals surface area contributed by atoms with Crippen LogP contribution in [-0.4, -0.2) is 37.3 Å². The normalized spacial score (nSPS) is 10.8. The van der Waals surface area contributed by atoms with Gasteiger partial charge in [-0.2, -0.15) is 0 Å². The maximum atomic E-state index is 12.5. The summed E-state index contributed by atoms with van der Waals surface area (Å²) in [7, 11) is 4.53. The Bertz CT molecular complexity index is 842. The zero-order valence-electron chi connectivity index (χ0n) is 15.4. The Kier molecular flexibility index (Phi) is 5.77. The van der Waals surface area contributed by atoms with Gasteiger partial charge in [0.2, 0.25) is 5.75 Å². The van der Waals surface area contributed by atoms with Crippen LogP contribution in [0.1, 0.15) is 27.0 Å². The van der Waals surface area contributed by atoms with Crippen LogP contribution in [0.3, 0.4) is 0 Å². The fourth-order valence-electron chi connectivity index (χ4n) is 2.61. The maximum Gasteiger partial charge on any atom is 0.203 e. The number of aryl methyl sites for hydroxylation is 1. The van der Waals surface area contributed by atoms with Crippen LogP contribution in [-0.2, 0) is 0 Å². The highest BCUT2D eigenvalue weighted by atomic mass is 16.5. The van der Waals surface area contributed by atoms with Crippen molar-refractivity contribution in [3.8, 4) is 28.7 Å². The van der Waals surface area contributed by atoms with Crippen molar-refractivity contribution in [2.24, 2.45) is 0 Å². The quantitative estimate of drug-likeness (QED) is 0.606. The molecule has 2 N–H and O–H groups in total. The van der Waals surface area contributed by atoms with Gasteiger partial charge in [-0.15, -0.1) is 0 Å². The number of hydrogen-bond donors (Lipinski definition) is 2. The van der Waals surface area contributed by atoms with E-state index in [1.54, 1.807) is 32.1 Å². The first-order valence-electron chi connectivity index (χ1n) is 7.88. The minimum atomic E-state index is -0.387. The summed E-state index contributed by atoms with van der Waals surface area (Å²) in [4.78, 5) is 12.5. The second-order valence-corrected chi connectivity index (χ2v) is 5.72. The number of aromatic hydroxyl groups is 2. The predicted molar refractivity (Wildman–Crippen MR) is 98.7 cm³/mol. The third-order valence-corrected chi connectivity index (χ3v) is 4.08.